The molecule has 0 aliphatic heterocycles. The van der Waals surface area contributed by atoms with E-state index in [0.717, 1.165) is 16.5 Å². The third-order valence-electron chi connectivity index (χ3n) is 3.38. The Hall–Kier alpha value is -3.06. The van der Waals surface area contributed by atoms with Gasteiger partial charge in [0.15, 0.2) is 6.61 Å². The van der Waals surface area contributed by atoms with Crippen molar-refractivity contribution in [2.45, 2.75) is 6.61 Å². The van der Waals surface area contributed by atoms with Crippen molar-refractivity contribution >= 4 is 28.2 Å². The molecule has 0 unspecified atom stereocenters. The molecule has 6 nitrogen and oxygen atoms in total. The molecule has 24 heavy (non-hydrogen) atoms. The van der Waals surface area contributed by atoms with E-state index in [4.69, 9.17) is 9.26 Å². The third kappa shape index (κ3) is 2.89. The van der Waals surface area contributed by atoms with Crippen molar-refractivity contribution in [1.82, 2.24) is 15.1 Å². The lowest BCUT2D eigenvalue weighted by atomic mass is 10.2. The summed E-state index contributed by atoms with van der Waals surface area (Å²) in [4.78, 5) is 20.6. The van der Waals surface area contributed by atoms with Gasteiger partial charge >= 0.3 is 5.97 Å². The number of carbonyl (C=O) groups is 1. The normalized spacial score (nSPS) is 10.8. The van der Waals surface area contributed by atoms with Crippen LogP contribution in [-0.4, -0.2) is 21.1 Å². The maximum atomic E-state index is 12.1. The second-order valence-electron chi connectivity index (χ2n) is 4.99. The van der Waals surface area contributed by atoms with Gasteiger partial charge in [-0.05, 0) is 23.6 Å². The van der Waals surface area contributed by atoms with Crippen molar-refractivity contribution in [2.75, 3.05) is 0 Å². The fourth-order valence-corrected chi connectivity index (χ4v) is 2.84. The number of thiophene rings is 1. The molecule has 7 heteroatoms. The first-order chi connectivity index (χ1) is 11.8. The number of hydrogen-bond donors (Lipinski definition) is 0. The molecule has 1 aromatic carbocycles. The molecule has 0 saturated heterocycles. The summed E-state index contributed by atoms with van der Waals surface area (Å²) in [5, 5.41) is 8.67. The number of fused-ring (bicyclic) bond motifs is 1. The van der Waals surface area contributed by atoms with Crippen LogP contribution in [0.15, 0.2) is 57.7 Å². The third-order valence-corrected chi connectivity index (χ3v) is 4.06. The summed E-state index contributed by atoms with van der Waals surface area (Å²) in [6.07, 6.45) is 0. The fourth-order valence-electron chi connectivity index (χ4n) is 2.20. The highest BCUT2D eigenvalue weighted by atomic mass is 32.1. The standard InChI is InChI=1S/C17H11N3O3S/c21-17(14-6-5-11-3-1-2-4-13(11)18-14)22-9-15-19-16(20-23-15)12-7-8-24-10-12/h1-8,10H,9H2. The van der Waals surface area contributed by atoms with Gasteiger partial charge in [0.25, 0.3) is 5.89 Å². The summed E-state index contributed by atoms with van der Waals surface area (Å²) in [7, 11) is 0. The molecule has 0 spiro atoms. The molecule has 0 radical (unpaired) electrons. The van der Waals surface area contributed by atoms with E-state index in [1.54, 1.807) is 17.4 Å². The molecule has 0 amide bonds. The van der Waals surface area contributed by atoms with Gasteiger partial charge in [0.2, 0.25) is 5.82 Å². The highest BCUT2D eigenvalue weighted by Gasteiger charge is 2.14. The first-order valence-electron chi connectivity index (χ1n) is 7.18. The Balaban J connectivity index is 1.46. The van der Waals surface area contributed by atoms with Crippen LogP contribution in [0.25, 0.3) is 22.3 Å². The Morgan fingerprint density at radius 2 is 2.04 bits per heavy atom. The minimum absolute atomic E-state index is 0.0928. The number of carbonyl (C=O) groups excluding carboxylic acids is 1. The lowest BCUT2D eigenvalue weighted by molar-refractivity contribution is 0.0423. The number of esters is 1. The lowest BCUT2D eigenvalue weighted by Gasteiger charge is -2.02. The molecule has 118 valence electrons. The summed E-state index contributed by atoms with van der Waals surface area (Å²) >= 11 is 1.54. The zero-order chi connectivity index (χ0) is 16.4. The maximum absolute atomic E-state index is 12.1. The highest BCUT2D eigenvalue weighted by Crippen LogP contribution is 2.19. The predicted molar refractivity (Wildman–Crippen MR) is 88.5 cm³/mol. The summed E-state index contributed by atoms with van der Waals surface area (Å²) < 4.78 is 10.3. The molecular weight excluding hydrogens is 326 g/mol. The molecule has 0 bridgehead atoms. The van der Waals surface area contributed by atoms with Gasteiger partial charge < -0.3 is 9.26 Å². The summed E-state index contributed by atoms with van der Waals surface area (Å²) in [6.45, 7) is -0.0928. The van der Waals surface area contributed by atoms with E-state index in [9.17, 15) is 4.79 Å². The van der Waals surface area contributed by atoms with Crippen LogP contribution >= 0.6 is 11.3 Å². The molecular formula is C17H11N3O3S. The second kappa shape index (κ2) is 6.21. The number of aromatic nitrogens is 3. The van der Waals surface area contributed by atoms with Gasteiger partial charge in [0.1, 0.15) is 5.69 Å². The van der Waals surface area contributed by atoms with E-state index >= 15 is 0 Å². The van der Waals surface area contributed by atoms with Crippen molar-refractivity contribution < 1.29 is 14.1 Å². The van der Waals surface area contributed by atoms with Gasteiger partial charge in [-0.25, -0.2) is 9.78 Å². The number of benzene rings is 1. The highest BCUT2D eigenvalue weighted by molar-refractivity contribution is 7.08. The quantitative estimate of drug-likeness (QED) is 0.528. The van der Waals surface area contributed by atoms with Gasteiger partial charge in [0.05, 0.1) is 5.52 Å². The Morgan fingerprint density at radius 3 is 2.92 bits per heavy atom. The van der Waals surface area contributed by atoms with Gasteiger partial charge in [-0.1, -0.05) is 29.4 Å². The van der Waals surface area contributed by atoms with Gasteiger partial charge in [0, 0.05) is 16.3 Å². The van der Waals surface area contributed by atoms with Crippen LogP contribution in [-0.2, 0) is 11.3 Å². The van der Waals surface area contributed by atoms with Crippen LogP contribution in [0.4, 0.5) is 0 Å². The van der Waals surface area contributed by atoms with Crippen molar-refractivity contribution in [2.24, 2.45) is 0 Å². The molecule has 3 aromatic heterocycles. The topological polar surface area (TPSA) is 78.1 Å². The van der Waals surface area contributed by atoms with Crippen molar-refractivity contribution in [3.63, 3.8) is 0 Å². The average Bonchev–Trinajstić information content (AvgIpc) is 3.30. The number of nitrogens with zero attached hydrogens (tertiary/aromatic N) is 3. The Morgan fingerprint density at radius 1 is 1.12 bits per heavy atom. The zero-order valence-corrected chi connectivity index (χ0v) is 13.2. The first kappa shape index (κ1) is 14.5. The van der Waals surface area contributed by atoms with Gasteiger partial charge in [-0.3, -0.25) is 0 Å². The van der Waals surface area contributed by atoms with Gasteiger partial charge in [-0.2, -0.15) is 16.3 Å². The summed E-state index contributed by atoms with van der Waals surface area (Å²) in [5.74, 6) is 0.188. The van der Waals surface area contributed by atoms with E-state index < -0.39 is 5.97 Å². The van der Waals surface area contributed by atoms with Crippen LogP contribution < -0.4 is 0 Å². The predicted octanol–water partition coefficient (Wildman–Crippen LogP) is 3.70. The Kier molecular flexibility index (Phi) is 3.76. The van der Waals surface area contributed by atoms with Crippen molar-refractivity contribution in [1.29, 1.82) is 0 Å². The van der Waals surface area contributed by atoms with Crippen LogP contribution in [0.2, 0.25) is 0 Å². The van der Waals surface area contributed by atoms with E-state index in [2.05, 4.69) is 15.1 Å². The number of ether oxygens (including phenoxy) is 1. The smallest absolute Gasteiger partial charge is 0.357 e. The molecule has 0 fully saturated rings. The zero-order valence-electron chi connectivity index (χ0n) is 12.4. The van der Waals surface area contributed by atoms with E-state index in [0.29, 0.717) is 5.82 Å². The molecule has 0 aliphatic carbocycles. The van der Waals surface area contributed by atoms with E-state index in [-0.39, 0.29) is 18.2 Å². The fraction of sp³-hybridized carbons (Fsp3) is 0.0588. The lowest BCUT2D eigenvalue weighted by Crippen LogP contribution is -2.07. The largest absolute Gasteiger partial charge is 0.451 e. The SMILES string of the molecule is O=C(OCc1nc(-c2ccsc2)no1)c1ccc2ccccc2n1. The average molecular weight is 337 g/mol. The number of rotatable bonds is 4. The van der Waals surface area contributed by atoms with E-state index in [1.165, 1.54) is 0 Å². The summed E-state index contributed by atoms with van der Waals surface area (Å²) in [5.41, 5.74) is 1.85. The first-order valence-corrected chi connectivity index (χ1v) is 8.12. The van der Waals surface area contributed by atoms with E-state index in [1.807, 2.05) is 47.2 Å². The molecule has 0 saturated carbocycles. The monoisotopic (exact) mass is 337 g/mol. The van der Waals surface area contributed by atoms with Crippen LogP contribution in [0.3, 0.4) is 0 Å². The van der Waals surface area contributed by atoms with Crippen LogP contribution in [0.1, 0.15) is 16.4 Å². The maximum Gasteiger partial charge on any atom is 0.357 e. The molecule has 3 heterocycles. The molecule has 0 atom stereocenters. The minimum atomic E-state index is -0.531. The summed E-state index contributed by atoms with van der Waals surface area (Å²) in [6, 6.07) is 12.9. The Labute approximate surface area is 140 Å². The van der Waals surface area contributed by atoms with Crippen LogP contribution in [0.5, 0.6) is 0 Å². The number of pyridine rings is 1. The number of hydrogen-bond acceptors (Lipinski definition) is 7. The van der Waals surface area contributed by atoms with Crippen LogP contribution in [0, 0.1) is 0 Å². The minimum Gasteiger partial charge on any atom is -0.451 e. The second-order valence-corrected chi connectivity index (χ2v) is 5.77. The Bertz CT molecular complexity index is 995. The van der Waals surface area contributed by atoms with Crippen molar-refractivity contribution in [3.8, 4) is 11.4 Å². The molecule has 0 aliphatic rings. The molecule has 4 rings (SSSR count). The molecule has 0 N–H and O–H groups in total. The van der Waals surface area contributed by atoms with Gasteiger partial charge in [-0.15, -0.1) is 0 Å². The molecule has 4 aromatic rings. The number of para-hydroxylation sites is 1. The van der Waals surface area contributed by atoms with Crippen molar-refractivity contribution in [3.05, 3.63) is 64.8 Å².